The molecule has 14 heteroatoms. The Morgan fingerprint density at radius 3 is 1.95 bits per heavy atom. The van der Waals surface area contributed by atoms with Crippen LogP contribution in [0.25, 0.3) is 0 Å². The molecular weight excluding hydrogens is 716 g/mol. The number of carbonyl (C=O) groups excluding carboxylic acids is 6. The lowest BCUT2D eigenvalue weighted by Crippen LogP contribution is -2.66. The van der Waals surface area contributed by atoms with E-state index < -0.39 is 90.2 Å². The molecular formula is C41H60O14. The molecule has 0 radical (unpaired) electrons. The lowest BCUT2D eigenvalue weighted by molar-refractivity contribution is -0.334. The normalized spacial score (nSPS) is 31.9. The van der Waals surface area contributed by atoms with Crippen LogP contribution in [0.5, 0.6) is 0 Å². The highest BCUT2D eigenvalue weighted by molar-refractivity contribution is 5.87. The van der Waals surface area contributed by atoms with Gasteiger partial charge in [0.2, 0.25) is 0 Å². The van der Waals surface area contributed by atoms with Crippen LogP contribution in [0.2, 0.25) is 0 Å². The zero-order chi connectivity index (χ0) is 41.4. The highest BCUT2D eigenvalue weighted by Gasteiger charge is 2.62. The largest absolute Gasteiger partial charge is 0.463 e. The first kappa shape index (κ1) is 45.4. The summed E-state index contributed by atoms with van der Waals surface area (Å²) in [5.41, 5.74) is 1.60. The molecule has 2 fully saturated rings. The Morgan fingerprint density at radius 1 is 0.800 bits per heavy atom. The van der Waals surface area contributed by atoms with E-state index >= 15 is 0 Å². The molecule has 10 unspecified atom stereocenters. The lowest BCUT2D eigenvalue weighted by atomic mass is 9.46. The summed E-state index contributed by atoms with van der Waals surface area (Å²) in [5.74, 6) is -3.69. The SMILES string of the molecule is CC=C(C)C(=O)OC1C(OC2OC(COC(C)=O)C(OC(C)=O)C(OC(C)=O)C2OC(C)=O)CC2(C)C(CCC(C)=CCOC(C)=O)C(C)=CCC2C1(C)C. The van der Waals surface area contributed by atoms with Crippen LogP contribution >= 0.6 is 0 Å². The molecule has 1 aliphatic heterocycles. The van der Waals surface area contributed by atoms with Crippen molar-refractivity contribution < 1.29 is 66.7 Å². The zero-order valence-corrected chi connectivity index (χ0v) is 34.4. The summed E-state index contributed by atoms with van der Waals surface area (Å²) in [5, 5.41) is 0. The fourth-order valence-corrected chi connectivity index (χ4v) is 8.61. The standard InChI is InChI=1S/C41H60O14/c1-13-23(3)38(47)55-37-31(20-41(12)30(16-14-22(2)18-19-48-25(5)42)24(4)15-17-33(41)40(37,10)11)53-39-36(52-29(9)46)35(51-28(8)45)34(50-27(7)44)32(54-39)21-49-26(6)43/h13,15,18,30-37,39H,14,16-17,19-21H2,1-12H3. The Balaban J connectivity index is 2.16. The van der Waals surface area contributed by atoms with Crippen LogP contribution < -0.4 is 0 Å². The topological polar surface area (TPSA) is 176 Å². The molecule has 1 saturated heterocycles. The molecule has 55 heavy (non-hydrogen) atoms. The van der Waals surface area contributed by atoms with Crippen molar-refractivity contribution in [1.82, 2.24) is 0 Å². The second kappa shape index (κ2) is 19.2. The Kier molecular flexibility index (Phi) is 15.8. The van der Waals surface area contributed by atoms with Crippen LogP contribution in [0.1, 0.15) is 109 Å². The van der Waals surface area contributed by atoms with Crippen molar-refractivity contribution in [3.63, 3.8) is 0 Å². The summed E-state index contributed by atoms with van der Waals surface area (Å²) in [6.45, 7) is 19.7. The highest BCUT2D eigenvalue weighted by atomic mass is 16.7. The monoisotopic (exact) mass is 776 g/mol. The summed E-state index contributed by atoms with van der Waals surface area (Å²) in [4.78, 5) is 74.2. The third-order valence-corrected chi connectivity index (χ3v) is 11.2. The fraction of sp³-hybridized carbons (Fsp3) is 0.707. The maximum atomic E-state index is 13.5. The summed E-state index contributed by atoms with van der Waals surface area (Å²) in [6, 6.07) is 0. The van der Waals surface area contributed by atoms with Gasteiger partial charge in [-0.2, -0.15) is 0 Å². The third kappa shape index (κ3) is 11.5. The smallest absolute Gasteiger partial charge is 0.333 e. The van der Waals surface area contributed by atoms with Crippen LogP contribution in [0.3, 0.4) is 0 Å². The van der Waals surface area contributed by atoms with Gasteiger partial charge in [0.25, 0.3) is 0 Å². The van der Waals surface area contributed by atoms with Gasteiger partial charge in [0, 0.05) is 45.6 Å². The van der Waals surface area contributed by atoms with Crippen molar-refractivity contribution >= 4 is 35.8 Å². The van der Waals surface area contributed by atoms with Gasteiger partial charge in [-0.25, -0.2) is 4.79 Å². The van der Waals surface area contributed by atoms with E-state index in [1.54, 1.807) is 19.9 Å². The van der Waals surface area contributed by atoms with E-state index in [9.17, 15) is 28.8 Å². The first-order valence-electron chi connectivity index (χ1n) is 18.9. The van der Waals surface area contributed by atoms with Crippen molar-refractivity contribution in [3.05, 3.63) is 34.9 Å². The minimum absolute atomic E-state index is 0.0259. The summed E-state index contributed by atoms with van der Waals surface area (Å²) < 4.78 is 46.9. The molecule has 2 aliphatic carbocycles. The van der Waals surface area contributed by atoms with Gasteiger partial charge in [0.1, 0.15) is 25.4 Å². The van der Waals surface area contributed by atoms with Gasteiger partial charge in [-0.15, -0.1) is 0 Å². The lowest BCUT2D eigenvalue weighted by Gasteiger charge is -2.61. The van der Waals surface area contributed by atoms with Crippen molar-refractivity contribution in [3.8, 4) is 0 Å². The van der Waals surface area contributed by atoms with E-state index in [-0.39, 0.29) is 24.4 Å². The Labute approximate surface area is 324 Å². The van der Waals surface area contributed by atoms with E-state index in [0.717, 1.165) is 45.6 Å². The van der Waals surface area contributed by atoms with Gasteiger partial charge in [-0.1, -0.05) is 44.1 Å². The molecule has 0 amide bonds. The maximum absolute atomic E-state index is 13.5. The molecule has 0 N–H and O–H groups in total. The average Bonchev–Trinajstić information content (AvgIpc) is 3.06. The van der Waals surface area contributed by atoms with Crippen LogP contribution in [0, 0.1) is 22.7 Å². The summed E-state index contributed by atoms with van der Waals surface area (Å²) in [7, 11) is 0. The van der Waals surface area contributed by atoms with E-state index in [1.165, 1.54) is 19.4 Å². The summed E-state index contributed by atoms with van der Waals surface area (Å²) in [6.07, 6.45) is -0.140. The molecule has 1 heterocycles. The van der Waals surface area contributed by atoms with Crippen molar-refractivity contribution in [2.75, 3.05) is 13.2 Å². The molecule has 0 bridgehead atoms. The second-order valence-corrected chi connectivity index (χ2v) is 15.8. The first-order valence-corrected chi connectivity index (χ1v) is 18.9. The number of carbonyl (C=O) groups is 6. The van der Waals surface area contributed by atoms with Crippen molar-refractivity contribution in [2.45, 2.75) is 152 Å². The van der Waals surface area contributed by atoms with Gasteiger partial charge in [0.05, 0.1) is 6.10 Å². The number of esters is 6. The molecule has 10 atom stereocenters. The van der Waals surface area contributed by atoms with Crippen LogP contribution in [-0.4, -0.2) is 91.9 Å². The van der Waals surface area contributed by atoms with Crippen LogP contribution in [0.4, 0.5) is 0 Å². The van der Waals surface area contributed by atoms with Crippen LogP contribution in [-0.2, 0) is 66.7 Å². The fourth-order valence-electron chi connectivity index (χ4n) is 8.61. The van der Waals surface area contributed by atoms with E-state index in [4.69, 9.17) is 37.9 Å². The molecule has 1 saturated carbocycles. The van der Waals surface area contributed by atoms with Gasteiger partial charge < -0.3 is 37.9 Å². The van der Waals surface area contributed by atoms with Crippen LogP contribution in [0.15, 0.2) is 34.9 Å². The molecule has 0 aromatic rings. The van der Waals surface area contributed by atoms with Crippen molar-refractivity contribution in [2.24, 2.45) is 22.7 Å². The van der Waals surface area contributed by atoms with Crippen molar-refractivity contribution in [1.29, 1.82) is 0 Å². The van der Waals surface area contributed by atoms with Gasteiger partial charge in [-0.3, -0.25) is 24.0 Å². The molecule has 0 aromatic carbocycles. The number of ether oxygens (including phenoxy) is 8. The van der Waals surface area contributed by atoms with Gasteiger partial charge >= 0.3 is 35.8 Å². The van der Waals surface area contributed by atoms with E-state index in [0.29, 0.717) is 12.0 Å². The predicted molar refractivity (Wildman–Crippen MR) is 198 cm³/mol. The molecule has 0 spiro atoms. The first-order chi connectivity index (χ1) is 25.6. The predicted octanol–water partition coefficient (Wildman–Crippen LogP) is 5.64. The number of rotatable bonds is 14. The van der Waals surface area contributed by atoms with E-state index in [1.807, 2.05) is 13.0 Å². The Morgan fingerprint density at radius 2 is 1.38 bits per heavy atom. The molecule has 3 aliphatic rings. The minimum atomic E-state index is -1.46. The zero-order valence-electron chi connectivity index (χ0n) is 34.4. The third-order valence-electron chi connectivity index (χ3n) is 11.2. The summed E-state index contributed by atoms with van der Waals surface area (Å²) >= 11 is 0. The molecule has 0 aromatic heterocycles. The Hall–Kier alpha value is -4.04. The Bertz CT molecular complexity index is 1540. The average molecular weight is 777 g/mol. The maximum Gasteiger partial charge on any atom is 0.333 e. The molecule has 308 valence electrons. The molecule has 3 rings (SSSR count). The highest BCUT2D eigenvalue weighted by Crippen LogP contribution is 2.62. The molecule has 14 nitrogen and oxygen atoms in total. The number of hydrogen-bond donors (Lipinski definition) is 0. The van der Waals surface area contributed by atoms with E-state index in [2.05, 4.69) is 33.8 Å². The van der Waals surface area contributed by atoms with Gasteiger partial charge in [-0.05, 0) is 76.7 Å². The minimum Gasteiger partial charge on any atom is -0.463 e. The van der Waals surface area contributed by atoms with Gasteiger partial charge in [0.15, 0.2) is 24.6 Å². The number of allylic oxidation sites excluding steroid dienone is 4. The quantitative estimate of drug-likeness (QED) is 0.0917. The number of hydrogen-bond acceptors (Lipinski definition) is 14. The second-order valence-electron chi connectivity index (χ2n) is 15.8. The number of fused-ring (bicyclic) bond motifs is 1.